The van der Waals surface area contributed by atoms with Gasteiger partial charge in [-0.25, -0.2) is 0 Å². The summed E-state index contributed by atoms with van der Waals surface area (Å²) in [6, 6.07) is 0. The van der Waals surface area contributed by atoms with Gasteiger partial charge in [0.15, 0.2) is 5.96 Å². The van der Waals surface area contributed by atoms with Gasteiger partial charge in [0, 0.05) is 45.8 Å². The third kappa shape index (κ3) is 8.54. The Morgan fingerprint density at radius 2 is 1.85 bits per heavy atom. The lowest BCUT2D eigenvalue weighted by Crippen LogP contribution is -2.46. The fourth-order valence-corrected chi connectivity index (χ4v) is 3.61. The summed E-state index contributed by atoms with van der Waals surface area (Å²) >= 11 is 0. The van der Waals surface area contributed by atoms with Gasteiger partial charge >= 0.3 is 0 Å². The van der Waals surface area contributed by atoms with Crippen molar-refractivity contribution in [2.75, 3.05) is 46.4 Å². The molecule has 1 amide bonds. The van der Waals surface area contributed by atoms with E-state index in [9.17, 15) is 4.79 Å². The second-order valence-corrected chi connectivity index (χ2v) is 8.18. The summed E-state index contributed by atoms with van der Waals surface area (Å²) in [4.78, 5) is 21.0. The van der Waals surface area contributed by atoms with Crippen LogP contribution in [0.2, 0.25) is 0 Å². The standard InChI is InChI=1S/C20H40N4O2.HI/c1-8-21-19(23(7)15-17(25)24(9-2)10-3)22-14-16-12-11-13-26-18(16)20(4,5)6;/h16,18H,8-15H2,1-7H3,(H,21,22);1H. The van der Waals surface area contributed by atoms with Crippen LogP contribution in [0.25, 0.3) is 0 Å². The zero-order valence-electron chi connectivity index (χ0n) is 18.4. The molecule has 160 valence electrons. The number of likely N-dealkylation sites (N-methyl/N-ethyl adjacent to an activating group) is 2. The van der Waals surface area contributed by atoms with Crippen LogP contribution in [0.4, 0.5) is 0 Å². The summed E-state index contributed by atoms with van der Waals surface area (Å²) in [6.45, 7) is 17.0. The number of amides is 1. The number of aliphatic imine (C=N–C) groups is 1. The van der Waals surface area contributed by atoms with Crippen LogP contribution in [0.1, 0.15) is 54.4 Å². The van der Waals surface area contributed by atoms with E-state index >= 15 is 0 Å². The fourth-order valence-electron chi connectivity index (χ4n) is 3.61. The molecule has 1 aliphatic heterocycles. The lowest BCUT2D eigenvalue weighted by Gasteiger charge is -2.39. The minimum absolute atomic E-state index is 0. The van der Waals surface area contributed by atoms with E-state index in [0.29, 0.717) is 12.5 Å². The van der Waals surface area contributed by atoms with Gasteiger partial charge in [0.2, 0.25) is 5.91 Å². The summed E-state index contributed by atoms with van der Waals surface area (Å²) in [7, 11) is 1.93. The molecule has 1 fully saturated rings. The van der Waals surface area contributed by atoms with E-state index in [1.54, 1.807) is 0 Å². The van der Waals surface area contributed by atoms with Crippen molar-refractivity contribution in [2.24, 2.45) is 16.3 Å². The molecule has 1 rings (SSSR count). The highest BCUT2D eigenvalue weighted by molar-refractivity contribution is 14.0. The quantitative estimate of drug-likeness (QED) is 0.334. The van der Waals surface area contributed by atoms with Crippen molar-refractivity contribution >= 4 is 35.8 Å². The largest absolute Gasteiger partial charge is 0.377 e. The third-order valence-electron chi connectivity index (χ3n) is 4.96. The zero-order valence-corrected chi connectivity index (χ0v) is 20.7. The Hall–Kier alpha value is -0.570. The predicted molar refractivity (Wildman–Crippen MR) is 124 cm³/mol. The van der Waals surface area contributed by atoms with Crippen LogP contribution < -0.4 is 5.32 Å². The van der Waals surface area contributed by atoms with Crippen molar-refractivity contribution in [1.29, 1.82) is 0 Å². The molecule has 27 heavy (non-hydrogen) atoms. The van der Waals surface area contributed by atoms with Gasteiger partial charge in [0.1, 0.15) is 0 Å². The van der Waals surface area contributed by atoms with Gasteiger partial charge in [-0.2, -0.15) is 0 Å². The number of nitrogens with zero attached hydrogens (tertiary/aromatic N) is 3. The number of nitrogens with one attached hydrogen (secondary N) is 1. The molecule has 0 aromatic rings. The monoisotopic (exact) mass is 496 g/mol. The molecule has 1 heterocycles. The van der Waals surface area contributed by atoms with Crippen LogP contribution in [-0.4, -0.2) is 74.1 Å². The second-order valence-electron chi connectivity index (χ2n) is 8.18. The number of rotatable bonds is 7. The normalized spacial score (nSPS) is 20.6. The predicted octanol–water partition coefficient (Wildman–Crippen LogP) is 3.21. The first-order valence-electron chi connectivity index (χ1n) is 10.1. The fraction of sp³-hybridized carbons (Fsp3) is 0.900. The highest BCUT2D eigenvalue weighted by atomic mass is 127. The van der Waals surface area contributed by atoms with Crippen molar-refractivity contribution in [3.8, 4) is 0 Å². The lowest BCUT2D eigenvalue weighted by molar-refractivity contribution is -0.131. The maximum absolute atomic E-state index is 12.4. The molecule has 6 nitrogen and oxygen atoms in total. The molecule has 0 saturated carbocycles. The Morgan fingerprint density at radius 3 is 2.37 bits per heavy atom. The van der Waals surface area contributed by atoms with E-state index in [1.165, 1.54) is 0 Å². The van der Waals surface area contributed by atoms with Gasteiger partial charge in [-0.1, -0.05) is 20.8 Å². The molecule has 0 bridgehead atoms. The molecule has 0 aromatic heterocycles. The highest BCUT2D eigenvalue weighted by Gasteiger charge is 2.35. The Bertz CT molecular complexity index is 461. The zero-order chi connectivity index (χ0) is 19.7. The lowest BCUT2D eigenvalue weighted by atomic mass is 9.78. The van der Waals surface area contributed by atoms with E-state index in [4.69, 9.17) is 9.73 Å². The van der Waals surface area contributed by atoms with E-state index in [0.717, 1.165) is 51.6 Å². The van der Waals surface area contributed by atoms with Crippen molar-refractivity contribution in [1.82, 2.24) is 15.1 Å². The van der Waals surface area contributed by atoms with E-state index in [1.807, 2.05) is 30.7 Å². The number of hydrogen-bond acceptors (Lipinski definition) is 3. The first kappa shape index (κ1) is 26.4. The summed E-state index contributed by atoms with van der Waals surface area (Å²) < 4.78 is 6.07. The average molecular weight is 496 g/mol. The van der Waals surface area contributed by atoms with Crippen LogP contribution in [0.3, 0.4) is 0 Å². The minimum Gasteiger partial charge on any atom is -0.377 e. The van der Waals surface area contributed by atoms with Crippen molar-refractivity contribution < 1.29 is 9.53 Å². The van der Waals surface area contributed by atoms with Crippen LogP contribution in [-0.2, 0) is 9.53 Å². The number of hydrogen-bond donors (Lipinski definition) is 1. The molecule has 0 aliphatic carbocycles. The number of carbonyl (C=O) groups is 1. The van der Waals surface area contributed by atoms with Crippen molar-refractivity contribution in [2.45, 2.75) is 60.5 Å². The Kier molecular flexibility index (Phi) is 12.5. The van der Waals surface area contributed by atoms with Gasteiger partial charge in [0.25, 0.3) is 0 Å². The van der Waals surface area contributed by atoms with Gasteiger partial charge in [0.05, 0.1) is 12.6 Å². The van der Waals surface area contributed by atoms with Crippen LogP contribution in [0, 0.1) is 11.3 Å². The summed E-state index contributed by atoms with van der Waals surface area (Å²) in [6.07, 6.45) is 2.47. The second kappa shape index (κ2) is 12.8. The van der Waals surface area contributed by atoms with Crippen molar-refractivity contribution in [3.05, 3.63) is 0 Å². The number of ether oxygens (including phenoxy) is 1. The summed E-state index contributed by atoms with van der Waals surface area (Å²) in [5.74, 6) is 1.35. The molecule has 7 heteroatoms. The molecule has 1 N–H and O–H groups in total. The molecule has 1 saturated heterocycles. The van der Waals surface area contributed by atoms with Gasteiger partial charge in [-0.05, 0) is 39.0 Å². The van der Waals surface area contributed by atoms with Crippen LogP contribution >= 0.6 is 24.0 Å². The molecule has 2 atom stereocenters. The molecule has 2 unspecified atom stereocenters. The minimum atomic E-state index is 0. The van der Waals surface area contributed by atoms with Crippen molar-refractivity contribution in [3.63, 3.8) is 0 Å². The average Bonchev–Trinajstić information content (AvgIpc) is 2.59. The van der Waals surface area contributed by atoms with Gasteiger partial charge in [-0.3, -0.25) is 9.79 Å². The van der Waals surface area contributed by atoms with Crippen LogP contribution in [0.5, 0.6) is 0 Å². The molecule has 1 aliphatic rings. The molecule has 0 radical (unpaired) electrons. The van der Waals surface area contributed by atoms with E-state index in [2.05, 4.69) is 33.0 Å². The smallest absolute Gasteiger partial charge is 0.242 e. The maximum atomic E-state index is 12.4. The Morgan fingerprint density at radius 1 is 1.22 bits per heavy atom. The summed E-state index contributed by atoms with van der Waals surface area (Å²) in [5, 5.41) is 3.32. The topological polar surface area (TPSA) is 57.2 Å². The SMILES string of the molecule is CCNC(=NCC1CCCOC1C(C)(C)C)N(C)CC(=O)N(CC)CC.I. The number of halogens is 1. The Labute approximate surface area is 183 Å². The van der Waals surface area contributed by atoms with Gasteiger partial charge < -0.3 is 19.9 Å². The van der Waals surface area contributed by atoms with Crippen LogP contribution in [0.15, 0.2) is 4.99 Å². The highest BCUT2D eigenvalue weighted by Crippen LogP contribution is 2.34. The van der Waals surface area contributed by atoms with Gasteiger partial charge in [-0.15, -0.1) is 24.0 Å². The first-order valence-corrected chi connectivity index (χ1v) is 10.1. The maximum Gasteiger partial charge on any atom is 0.242 e. The molecule has 0 aromatic carbocycles. The third-order valence-corrected chi connectivity index (χ3v) is 4.96. The number of guanidine groups is 1. The molecular weight excluding hydrogens is 455 g/mol. The first-order chi connectivity index (χ1) is 12.2. The van der Waals surface area contributed by atoms with E-state index in [-0.39, 0.29) is 41.4 Å². The summed E-state index contributed by atoms with van der Waals surface area (Å²) in [5.41, 5.74) is 0.115. The number of carbonyl (C=O) groups excluding carboxylic acids is 1. The molecular formula is C20H41IN4O2. The Balaban J connectivity index is 0.00000676. The molecule has 0 spiro atoms. The van der Waals surface area contributed by atoms with E-state index < -0.39 is 0 Å².